The van der Waals surface area contributed by atoms with Crippen LogP contribution < -0.4 is 5.73 Å². The minimum absolute atomic E-state index is 0.115. The number of benzene rings is 1. The van der Waals surface area contributed by atoms with Gasteiger partial charge in [0.15, 0.2) is 0 Å². The average Bonchev–Trinajstić information content (AvgIpc) is 3.04. The molecule has 9 heteroatoms. The monoisotopic (exact) mass is 359 g/mol. The predicted molar refractivity (Wildman–Crippen MR) is 94.1 cm³/mol. The van der Waals surface area contributed by atoms with Crippen molar-refractivity contribution in [2.75, 3.05) is 25.7 Å². The molecule has 0 bridgehead atoms. The molecule has 130 valence electrons. The quantitative estimate of drug-likeness (QED) is 0.525. The molecular weight excluding hydrogens is 342 g/mol. The van der Waals surface area contributed by atoms with Gasteiger partial charge in [-0.3, -0.25) is 4.79 Å². The van der Waals surface area contributed by atoms with Gasteiger partial charge in [-0.2, -0.15) is 9.50 Å². The molecular formula is C16H17N5O3S. The molecule has 0 saturated heterocycles. The predicted octanol–water partition coefficient (Wildman–Crippen LogP) is 1.78. The molecule has 0 aliphatic carbocycles. The number of fused-ring (bicyclic) bond motifs is 1. The number of rotatable bonds is 6. The maximum absolute atomic E-state index is 11.3. The topological polar surface area (TPSA) is 105 Å². The number of nitrogens with zero attached hydrogens (tertiary/aromatic N) is 4. The highest BCUT2D eigenvalue weighted by atomic mass is 32.2. The Morgan fingerprint density at radius 3 is 2.68 bits per heavy atom. The van der Waals surface area contributed by atoms with Crippen molar-refractivity contribution in [3.05, 3.63) is 36.0 Å². The summed E-state index contributed by atoms with van der Waals surface area (Å²) in [4.78, 5) is 20.1. The SMILES string of the molecule is COCc1nc2nc(SCC(=O)OC)nn2c(N)c1-c1ccccc1. The number of methoxy groups -OCH3 is 2. The summed E-state index contributed by atoms with van der Waals surface area (Å²) in [6, 6.07) is 9.67. The summed E-state index contributed by atoms with van der Waals surface area (Å²) in [6.45, 7) is 0.294. The molecule has 2 heterocycles. The van der Waals surface area contributed by atoms with Crippen LogP contribution in [-0.4, -0.2) is 45.5 Å². The van der Waals surface area contributed by atoms with Crippen LogP contribution in [0.5, 0.6) is 0 Å². The lowest BCUT2D eigenvalue weighted by molar-refractivity contribution is -0.137. The first-order valence-electron chi connectivity index (χ1n) is 7.43. The van der Waals surface area contributed by atoms with Crippen LogP contribution >= 0.6 is 11.8 Å². The molecule has 8 nitrogen and oxygen atoms in total. The van der Waals surface area contributed by atoms with E-state index in [4.69, 9.17) is 10.5 Å². The smallest absolute Gasteiger partial charge is 0.316 e. The van der Waals surface area contributed by atoms with Gasteiger partial charge in [-0.1, -0.05) is 42.1 Å². The second-order valence-electron chi connectivity index (χ2n) is 5.09. The van der Waals surface area contributed by atoms with Crippen molar-refractivity contribution in [2.24, 2.45) is 0 Å². The lowest BCUT2D eigenvalue weighted by Gasteiger charge is -2.12. The molecule has 0 radical (unpaired) electrons. The fourth-order valence-electron chi connectivity index (χ4n) is 2.35. The highest BCUT2D eigenvalue weighted by molar-refractivity contribution is 7.99. The van der Waals surface area contributed by atoms with Gasteiger partial charge in [-0.05, 0) is 5.56 Å². The van der Waals surface area contributed by atoms with Gasteiger partial charge in [0.2, 0.25) is 5.16 Å². The summed E-state index contributed by atoms with van der Waals surface area (Å²) in [5.74, 6) is 0.538. The molecule has 1 aromatic carbocycles. The van der Waals surface area contributed by atoms with Crippen LogP contribution in [-0.2, 0) is 20.9 Å². The number of hydrogen-bond donors (Lipinski definition) is 1. The van der Waals surface area contributed by atoms with Gasteiger partial charge >= 0.3 is 5.97 Å². The molecule has 0 fully saturated rings. The fourth-order valence-corrected chi connectivity index (χ4v) is 3.00. The summed E-state index contributed by atoms with van der Waals surface area (Å²) < 4.78 is 11.3. The zero-order valence-corrected chi connectivity index (χ0v) is 14.6. The Bertz CT molecular complexity index is 898. The molecule has 0 unspecified atom stereocenters. The molecule has 3 rings (SSSR count). The zero-order valence-electron chi connectivity index (χ0n) is 13.8. The second-order valence-corrected chi connectivity index (χ2v) is 6.03. The van der Waals surface area contributed by atoms with Crippen molar-refractivity contribution in [3.63, 3.8) is 0 Å². The third kappa shape index (κ3) is 3.57. The molecule has 0 saturated carbocycles. The molecule has 3 aromatic rings. The van der Waals surface area contributed by atoms with Crippen LogP contribution in [0.25, 0.3) is 16.9 Å². The number of carbonyl (C=O) groups is 1. The van der Waals surface area contributed by atoms with Crippen LogP contribution in [0.3, 0.4) is 0 Å². The lowest BCUT2D eigenvalue weighted by atomic mass is 10.0. The van der Waals surface area contributed by atoms with E-state index in [1.807, 2.05) is 30.3 Å². The number of esters is 1. The maximum atomic E-state index is 11.3. The van der Waals surface area contributed by atoms with E-state index in [9.17, 15) is 4.79 Å². The average molecular weight is 359 g/mol. The van der Waals surface area contributed by atoms with Gasteiger partial charge in [-0.15, -0.1) is 5.10 Å². The van der Waals surface area contributed by atoms with E-state index in [-0.39, 0.29) is 11.7 Å². The lowest BCUT2D eigenvalue weighted by Crippen LogP contribution is -2.08. The van der Waals surface area contributed by atoms with Crippen molar-refractivity contribution in [1.82, 2.24) is 19.6 Å². The van der Waals surface area contributed by atoms with Crippen LogP contribution in [0.4, 0.5) is 5.82 Å². The van der Waals surface area contributed by atoms with E-state index >= 15 is 0 Å². The molecule has 2 N–H and O–H groups in total. The molecule has 0 aliphatic rings. The zero-order chi connectivity index (χ0) is 17.8. The summed E-state index contributed by atoms with van der Waals surface area (Å²) in [6.07, 6.45) is 0. The number of thioether (sulfide) groups is 1. The first-order valence-corrected chi connectivity index (χ1v) is 8.41. The number of nitrogens with two attached hydrogens (primary N) is 1. The van der Waals surface area contributed by atoms with Gasteiger partial charge in [0.05, 0.1) is 25.2 Å². The molecule has 0 amide bonds. The van der Waals surface area contributed by atoms with Crippen LogP contribution in [0, 0.1) is 0 Å². The first kappa shape index (κ1) is 17.2. The normalized spacial score (nSPS) is 11.0. The maximum Gasteiger partial charge on any atom is 0.316 e. The molecule has 0 aliphatic heterocycles. The van der Waals surface area contributed by atoms with E-state index < -0.39 is 0 Å². The van der Waals surface area contributed by atoms with Crippen molar-refractivity contribution in [1.29, 1.82) is 0 Å². The largest absolute Gasteiger partial charge is 0.468 e. The Balaban J connectivity index is 2.07. The Morgan fingerprint density at radius 2 is 2.00 bits per heavy atom. The van der Waals surface area contributed by atoms with E-state index in [1.54, 1.807) is 7.11 Å². The summed E-state index contributed by atoms with van der Waals surface area (Å²) in [5.41, 5.74) is 8.69. The second kappa shape index (κ2) is 7.49. The van der Waals surface area contributed by atoms with Gasteiger partial charge in [0.1, 0.15) is 5.82 Å². The van der Waals surface area contributed by atoms with E-state index in [0.717, 1.165) is 22.9 Å². The van der Waals surface area contributed by atoms with Crippen LogP contribution in [0.15, 0.2) is 35.5 Å². The van der Waals surface area contributed by atoms with Gasteiger partial charge in [-0.25, -0.2) is 4.98 Å². The van der Waals surface area contributed by atoms with Crippen molar-refractivity contribution >= 4 is 29.3 Å². The van der Waals surface area contributed by atoms with Crippen molar-refractivity contribution in [2.45, 2.75) is 11.8 Å². The van der Waals surface area contributed by atoms with E-state index in [1.165, 1.54) is 11.6 Å². The number of nitrogen functional groups attached to an aromatic ring is 1. The molecule has 2 aromatic heterocycles. The number of carbonyl (C=O) groups excluding carboxylic acids is 1. The Kier molecular flexibility index (Phi) is 5.15. The molecule has 0 spiro atoms. The Morgan fingerprint density at radius 1 is 1.24 bits per heavy atom. The van der Waals surface area contributed by atoms with Crippen molar-refractivity contribution < 1.29 is 14.3 Å². The van der Waals surface area contributed by atoms with Gasteiger partial charge in [0.25, 0.3) is 5.78 Å². The van der Waals surface area contributed by atoms with Crippen molar-refractivity contribution in [3.8, 4) is 11.1 Å². The van der Waals surface area contributed by atoms with Crippen LogP contribution in [0.1, 0.15) is 5.69 Å². The number of anilines is 1. The highest BCUT2D eigenvalue weighted by Gasteiger charge is 2.18. The number of ether oxygens (including phenoxy) is 2. The first-order chi connectivity index (χ1) is 12.1. The summed E-state index contributed by atoms with van der Waals surface area (Å²) >= 11 is 1.16. The Hall–Kier alpha value is -2.65. The van der Waals surface area contributed by atoms with E-state index in [2.05, 4.69) is 19.8 Å². The summed E-state index contributed by atoms with van der Waals surface area (Å²) in [5, 5.41) is 4.74. The van der Waals surface area contributed by atoms with Gasteiger partial charge < -0.3 is 15.2 Å². The third-order valence-electron chi connectivity index (χ3n) is 3.47. The van der Waals surface area contributed by atoms with E-state index in [0.29, 0.717) is 29.1 Å². The minimum Gasteiger partial charge on any atom is -0.468 e. The number of aromatic nitrogens is 4. The van der Waals surface area contributed by atoms with Crippen LogP contribution in [0.2, 0.25) is 0 Å². The molecule has 25 heavy (non-hydrogen) atoms. The number of hydrogen-bond acceptors (Lipinski definition) is 8. The fraction of sp³-hybridized carbons (Fsp3) is 0.250. The Labute approximate surface area is 148 Å². The molecule has 0 atom stereocenters. The third-order valence-corrected chi connectivity index (χ3v) is 4.28. The minimum atomic E-state index is -0.352. The summed E-state index contributed by atoms with van der Waals surface area (Å²) in [7, 11) is 2.93. The standard InChI is InChI=1S/C16H17N5O3S/c1-23-8-11-13(10-6-4-3-5-7-10)14(17)21-15(18-11)19-16(20-21)25-9-12(22)24-2/h3-7H,8-9,17H2,1-2H3. The van der Waals surface area contributed by atoms with Gasteiger partial charge in [0, 0.05) is 12.7 Å². The highest BCUT2D eigenvalue weighted by Crippen LogP contribution is 2.30.